The van der Waals surface area contributed by atoms with Crippen molar-refractivity contribution < 1.29 is 4.79 Å². The molecule has 24 heavy (non-hydrogen) atoms. The standard InChI is InChI=1S/C15H17ClN2O.C5H12/c1-3-4-10(2)9-17-15(19)14-8-11-7-12(16)5-6-13(11)18-14;1-4-5(2)3/h4-8,18H,3,9H2,1-2H3,(H,17,19);5H,4H2,1-3H3/b10-4+;. The minimum absolute atomic E-state index is 0.101. The molecular weight excluding hydrogens is 320 g/mol. The number of hydrogen-bond acceptors (Lipinski definition) is 1. The molecule has 0 fully saturated rings. The molecule has 0 aliphatic rings. The molecule has 0 spiro atoms. The molecule has 132 valence electrons. The van der Waals surface area contributed by atoms with Crippen molar-refractivity contribution in [2.24, 2.45) is 5.92 Å². The third kappa shape index (κ3) is 6.79. The Morgan fingerprint density at radius 3 is 2.54 bits per heavy atom. The van der Waals surface area contributed by atoms with Crippen molar-refractivity contribution in [3.63, 3.8) is 0 Å². The number of benzene rings is 1. The van der Waals surface area contributed by atoms with Crippen LogP contribution in [-0.4, -0.2) is 17.4 Å². The Morgan fingerprint density at radius 2 is 1.96 bits per heavy atom. The summed E-state index contributed by atoms with van der Waals surface area (Å²) < 4.78 is 0. The van der Waals surface area contributed by atoms with Gasteiger partial charge in [-0.3, -0.25) is 4.79 Å². The fourth-order valence-electron chi connectivity index (χ4n) is 1.96. The predicted octanol–water partition coefficient (Wildman–Crippen LogP) is 5.96. The van der Waals surface area contributed by atoms with Gasteiger partial charge in [0, 0.05) is 22.5 Å². The van der Waals surface area contributed by atoms with E-state index in [1.54, 1.807) is 6.07 Å². The molecule has 2 N–H and O–H groups in total. The molecule has 0 atom stereocenters. The van der Waals surface area contributed by atoms with Crippen molar-refractivity contribution >= 4 is 28.4 Å². The van der Waals surface area contributed by atoms with E-state index in [1.807, 2.05) is 25.1 Å². The Kier molecular flexibility index (Phi) is 8.62. The number of aromatic amines is 1. The number of nitrogens with one attached hydrogen (secondary N) is 2. The second kappa shape index (κ2) is 10.2. The van der Waals surface area contributed by atoms with Crippen LogP contribution in [0.2, 0.25) is 5.02 Å². The Bertz CT molecular complexity index is 686. The second-order valence-corrected chi connectivity index (χ2v) is 6.79. The van der Waals surface area contributed by atoms with Gasteiger partial charge in [-0.05, 0) is 43.5 Å². The normalized spacial score (nSPS) is 11.4. The molecule has 4 heteroatoms. The Balaban J connectivity index is 0.000000505. The molecule has 0 radical (unpaired) electrons. The summed E-state index contributed by atoms with van der Waals surface area (Å²) in [5.41, 5.74) is 2.63. The summed E-state index contributed by atoms with van der Waals surface area (Å²) in [5.74, 6) is 0.783. The number of H-pyrrole nitrogens is 1. The van der Waals surface area contributed by atoms with Crippen LogP contribution in [0.4, 0.5) is 0 Å². The zero-order chi connectivity index (χ0) is 18.1. The summed E-state index contributed by atoms with van der Waals surface area (Å²) in [6, 6.07) is 7.33. The van der Waals surface area contributed by atoms with Crippen molar-refractivity contribution in [2.75, 3.05) is 6.54 Å². The molecule has 0 bridgehead atoms. The quantitative estimate of drug-likeness (QED) is 0.643. The maximum atomic E-state index is 12.0. The van der Waals surface area contributed by atoms with Gasteiger partial charge in [-0.1, -0.05) is 57.4 Å². The van der Waals surface area contributed by atoms with Crippen molar-refractivity contribution in [3.05, 3.63) is 46.6 Å². The van der Waals surface area contributed by atoms with E-state index in [4.69, 9.17) is 11.6 Å². The topological polar surface area (TPSA) is 44.9 Å². The molecule has 1 aromatic heterocycles. The summed E-state index contributed by atoms with van der Waals surface area (Å²) >= 11 is 5.92. The third-order valence-corrected chi connectivity index (χ3v) is 3.96. The summed E-state index contributed by atoms with van der Waals surface area (Å²) in [6.07, 6.45) is 4.39. The lowest BCUT2D eigenvalue weighted by Crippen LogP contribution is -2.25. The van der Waals surface area contributed by atoms with E-state index >= 15 is 0 Å². The summed E-state index contributed by atoms with van der Waals surface area (Å²) in [6.45, 7) is 11.3. The minimum atomic E-state index is -0.101. The van der Waals surface area contributed by atoms with E-state index in [9.17, 15) is 4.79 Å². The van der Waals surface area contributed by atoms with Crippen LogP contribution in [0.15, 0.2) is 35.9 Å². The highest BCUT2D eigenvalue weighted by atomic mass is 35.5. The van der Waals surface area contributed by atoms with Gasteiger partial charge in [-0.2, -0.15) is 0 Å². The molecule has 1 heterocycles. The Labute approximate surface area is 150 Å². The molecule has 1 aromatic carbocycles. The maximum absolute atomic E-state index is 12.0. The van der Waals surface area contributed by atoms with Crippen LogP contribution in [0.3, 0.4) is 0 Å². The molecule has 2 rings (SSSR count). The van der Waals surface area contributed by atoms with Crippen LogP contribution in [0, 0.1) is 5.92 Å². The third-order valence-electron chi connectivity index (χ3n) is 3.72. The molecule has 3 nitrogen and oxygen atoms in total. The molecule has 2 aromatic rings. The molecule has 0 unspecified atom stereocenters. The highest BCUT2D eigenvalue weighted by Gasteiger charge is 2.09. The van der Waals surface area contributed by atoms with Gasteiger partial charge in [0.25, 0.3) is 5.91 Å². The number of carbonyl (C=O) groups is 1. The molecule has 0 saturated carbocycles. The SMILES string of the molecule is CC/C=C(\C)CNC(=O)c1cc2cc(Cl)ccc2[nH]1.CCC(C)C. The zero-order valence-corrected chi connectivity index (χ0v) is 16.1. The first-order valence-electron chi connectivity index (χ1n) is 8.59. The van der Waals surface area contributed by atoms with Gasteiger partial charge in [0.2, 0.25) is 0 Å². The van der Waals surface area contributed by atoms with Gasteiger partial charge in [0.1, 0.15) is 5.69 Å². The van der Waals surface area contributed by atoms with Gasteiger partial charge in [0.15, 0.2) is 0 Å². The van der Waals surface area contributed by atoms with Crippen LogP contribution < -0.4 is 5.32 Å². The number of fused-ring (bicyclic) bond motifs is 1. The van der Waals surface area contributed by atoms with E-state index in [2.05, 4.69) is 44.1 Å². The van der Waals surface area contributed by atoms with Crippen molar-refractivity contribution in [3.8, 4) is 0 Å². The van der Waals surface area contributed by atoms with Gasteiger partial charge < -0.3 is 10.3 Å². The zero-order valence-electron chi connectivity index (χ0n) is 15.4. The number of hydrogen-bond donors (Lipinski definition) is 2. The number of amides is 1. The summed E-state index contributed by atoms with van der Waals surface area (Å²) in [4.78, 5) is 15.1. The second-order valence-electron chi connectivity index (χ2n) is 6.36. The van der Waals surface area contributed by atoms with E-state index in [0.717, 1.165) is 28.8 Å². The molecule has 0 aliphatic carbocycles. The molecular formula is C20H29ClN2O. The number of allylic oxidation sites excluding steroid dienone is 1. The smallest absolute Gasteiger partial charge is 0.267 e. The first kappa shape index (κ1) is 20.3. The van der Waals surface area contributed by atoms with Crippen LogP contribution in [0.5, 0.6) is 0 Å². The van der Waals surface area contributed by atoms with Gasteiger partial charge in [0.05, 0.1) is 0 Å². The van der Waals surface area contributed by atoms with Crippen LogP contribution in [0.25, 0.3) is 10.9 Å². The number of carbonyl (C=O) groups excluding carboxylic acids is 1. The molecule has 1 amide bonds. The van der Waals surface area contributed by atoms with E-state index in [-0.39, 0.29) is 5.91 Å². The fourth-order valence-corrected chi connectivity index (χ4v) is 2.14. The Morgan fingerprint density at radius 1 is 1.29 bits per heavy atom. The number of aromatic nitrogens is 1. The Hall–Kier alpha value is -1.74. The largest absolute Gasteiger partial charge is 0.351 e. The lowest BCUT2D eigenvalue weighted by atomic mass is 10.2. The summed E-state index contributed by atoms with van der Waals surface area (Å²) in [5, 5.41) is 4.50. The lowest BCUT2D eigenvalue weighted by Gasteiger charge is -2.03. The highest BCUT2D eigenvalue weighted by molar-refractivity contribution is 6.31. The predicted molar refractivity (Wildman–Crippen MR) is 105 cm³/mol. The van der Waals surface area contributed by atoms with E-state index in [0.29, 0.717) is 17.3 Å². The molecule has 0 saturated heterocycles. The highest BCUT2D eigenvalue weighted by Crippen LogP contribution is 2.20. The number of rotatable bonds is 5. The first-order valence-corrected chi connectivity index (χ1v) is 8.97. The lowest BCUT2D eigenvalue weighted by molar-refractivity contribution is 0.0953. The molecule has 0 aliphatic heterocycles. The fraction of sp³-hybridized carbons (Fsp3) is 0.450. The average molecular weight is 349 g/mol. The van der Waals surface area contributed by atoms with Crippen molar-refractivity contribution in [1.82, 2.24) is 10.3 Å². The van der Waals surface area contributed by atoms with Crippen molar-refractivity contribution in [1.29, 1.82) is 0 Å². The number of halogens is 1. The van der Waals surface area contributed by atoms with Crippen LogP contribution in [0.1, 0.15) is 57.9 Å². The van der Waals surface area contributed by atoms with Crippen LogP contribution in [-0.2, 0) is 0 Å². The maximum Gasteiger partial charge on any atom is 0.267 e. The van der Waals surface area contributed by atoms with Crippen LogP contribution >= 0.6 is 11.6 Å². The monoisotopic (exact) mass is 348 g/mol. The van der Waals surface area contributed by atoms with Gasteiger partial charge in [-0.25, -0.2) is 0 Å². The van der Waals surface area contributed by atoms with E-state index in [1.165, 1.54) is 6.42 Å². The van der Waals surface area contributed by atoms with Gasteiger partial charge >= 0.3 is 0 Å². The minimum Gasteiger partial charge on any atom is -0.351 e. The average Bonchev–Trinajstić information content (AvgIpc) is 2.96. The van der Waals surface area contributed by atoms with Gasteiger partial charge in [-0.15, -0.1) is 0 Å². The van der Waals surface area contributed by atoms with E-state index < -0.39 is 0 Å². The van der Waals surface area contributed by atoms with Crippen molar-refractivity contribution in [2.45, 2.75) is 47.5 Å². The first-order chi connectivity index (χ1) is 11.4. The summed E-state index contributed by atoms with van der Waals surface area (Å²) in [7, 11) is 0.